The minimum absolute atomic E-state index is 0.316. The standard InChI is InChI=1S/C22H21N3OS/c1-25-12-10-16(11-13-25)23-21(19-14-15-6-2-4-8-18(15)26-19)22-24-17-7-3-5-9-20(17)27-22/h2-9,14,16H,10-13H2,1H3. The van der Waals surface area contributed by atoms with Crippen molar-refractivity contribution in [1.29, 1.82) is 0 Å². The van der Waals surface area contributed by atoms with E-state index in [2.05, 4.69) is 42.3 Å². The molecule has 5 heteroatoms. The van der Waals surface area contributed by atoms with Gasteiger partial charge in [0.2, 0.25) is 0 Å². The molecule has 0 bridgehead atoms. The third-order valence-electron chi connectivity index (χ3n) is 5.16. The van der Waals surface area contributed by atoms with Gasteiger partial charge in [0.25, 0.3) is 0 Å². The fourth-order valence-corrected chi connectivity index (χ4v) is 4.57. The molecule has 1 saturated heterocycles. The zero-order chi connectivity index (χ0) is 18.2. The van der Waals surface area contributed by atoms with Crippen LogP contribution < -0.4 is 0 Å². The van der Waals surface area contributed by atoms with E-state index in [1.807, 2.05) is 24.3 Å². The van der Waals surface area contributed by atoms with Crippen LogP contribution in [0.4, 0.5) is 0 Å². The van der Waals surface area contributed by atoms with E-state index < -0.39 is 0 Å². The van der Waals surface area contributed by atoms with Crippen molar-refractivity contribution in [3.8, 4) is 0 Å². The third kappa shape index (κ3) is 3.29. The summed E-state index contributed by atoms with van der Waals surface area (Å²) in [5.41, 5.74) is 2.80. The molecule has 0 spiro atoms. The first kappa shape index (κ1) is 16.7. The maximum absolute atomic E-state index is 6.17. The first-order valence-electron chi connectivity index (χ1n) is 9.37. The Morgan fingerprint density at radius 3 is 2.70 bits per heavy atom. The van der Waals surface area contributed by atoms with Crippen molar-refractivity contribution in [2.24, 2.45) is 4.99 Å². The van der Waals surface area contributed by atoms with E-state index in [1.54, 1.807) is 11.3 Å². The van der Waals surface area contributed by atoms with Crippen LogP contribution in [0, 0.1) is 0 Å². The first-order valence-corrected chi connectivity index (χ1v) is 10.2. The predicted molar refractivity (Wildman–Crippen MR) is 112 cm³/mol. The Hall–Kier alpha value is -2.50. The lowest BCUT2D eigenvalue weighted by Gasteiger charge is -2.26. The lowest BCUT2D eigenvalue weighted by molar-refractivity contribution is 0.257. The van der Waals surface area contributed by atoms with Crippen molar-refractivity contribution < 1.29 is 4.42 Å². The van der Waals surface area contributed by atoms with Crippen LogP contribution in [0.2, 0.25) is 0 Å². The van der Waals surface area contributed by atoms with Gasteiger partial charge in [-0.2, -0.15) is 0 Å². The summed E-state index contributed by atoms with van der Waals surface area (Å²) in [5, 5.41) is 2.04. The highest BCUT2D eigenvalue weighted by atomic mass is 32.1. The Labute approximate surface area is 162 Å². The van der Waals surface area contributed by atoms with Crippen LogP contribution in [0.15, 0.2) is 64.0 Å². The molecule has 0 radical (unpaired) electrons. The SMILES string of the molecule is CN1CCC(N=C(c2cc3ccccc3o2)c2nc3ccccc3s2)CC1. The van der Waals surface area contributed by atoms with E-state index in [0.29, 0.717) is 6.04 Å². The van der Waals surface area contributed by atoms with Gasteiger partial charge < -0.3 is 9.32 Å². The summed E-state index contributed by atoms with van der Waals surface area (Å²) in [5.74, 6) is 0.814. The summed E-state index contributed by atoms with van der Waals surface area (Å²) in [4.78, 5) is 12.4. The molecule has 0 unspecified atom stereocenters. The van der Waals surface area contributed by atoms with Gasteiger partial charge in [-0.25, -0.2) is 4.98 Å². The van der Waals surface area contributed by atoms with E-state index in [1.165, 1.54) is 4.70 Å². The molecule has 1 fully saturated rings. The molecule has 0 N–H and O–H groups in total. The minimum Gasteiger partial charge on any atom is -0.454 e. The second-order valence-electron chi connectivity index (χ2n) is 7.15. The summed E-state index contributed by atoms with van der Waals surface area (Å²) in [6, 6.07) is 18.8. The van der Waals surface area contributed by atoms with Crippen LogP contribution in [-0.4, -0.2) is 41.8 Å². The average molecular weight is 375 g/mol. The van der Waals surface area contributed by atoms with Gasteiger partial charge >= 0.3 is 0 Å². The summed E-state index contributed by atoms with van der Waals surface area (Å²) in [6.07, 6.45) is 2.15. The molecule has 2 aromatic carbocycles. The Kier molecular flexibility index (Phi) is 4.26. The number of hydrogen-bond donors (Lipinski definition) is 0. The third-order valence-corrected chi connectivity index (χ3v) is 6.20. The van der Waals surface area contributed by atoms with Gasteiger partial charge in [0.05, 0.1) is 16.3 Å². The molecular formula is C22H21N3OS. The minimum atomic E-state index is 0.316. The van der Waals surface area contributed by atoms with E-state index in [9.17, 15) is 0 Å². The average Bonchev–Trinajstić information content (AvgIpc) is 3.31. The lowest BCUT2D eigenvalue weighted by atomic mass is 10.1. The van der Waals surface area contributed by atoms with E-state index in [-0.39, 0.29) is 0 Å². The largest absolute Gasteiger partial charge is 0.454 e. The number of para-hydroxylation sites is 2. The fraction of sp³-hybridized carbons (Fsp3) is 0.273. The number of furan rings is 1. The van der Waals surface area contributed by atoms with Gasteiger partial charge in [-0.3, -0.25) is 4.99 Å². The van der Waals surface area contributed by atoms with Gasteiger partial charge in [0.1, 0.15) is 16.3 Å². The van der Waals surface area contributed by atoms with Gasteiger partial charge in [-0.15, -0.1) is 11.3 Å². The van der Waals surface area contributed by atoms with Crippen LogP contribution in [0.5, 0.6) is 0 Å². The number of likely N-dealkylation sites (tertiary alicyclic amines) is 1. The number of piperidine rings is 1. The smallest absolute Gasteiger partial charge is 0.156 e. The van der Waals surface area contributed by atoms with Gasteiger partial charge in [-0.05, 0) is 57.2 Å². The Morgan fingerprint density at radius 2 is 1.89 bits per heavy atom. The maximum atomic E-state index is 6.17. The van der Waals surface area contributed by atoms with Crippen LogP contribution in [0.25, 0.3) is 21.2 Å². The highest BCUT2D eigenvalue weighted by Gasteiger charge is 2.21. The zero-order valence-corrected chi connectivity index (χ0v) is 16.1. The molecule has 4 nitrogen and oxygen atoms in total. The summed E-state index contributed by atoms with van der Waals surface area (Å²) < 4.78 is 7.35. The van der Waals surface area contributed by atoms with Crippen LogP contribution in [0.3, 0.4) is 0 Å². The molecule has 0 atom stereocenters. The van der Waals surface area contributed by atoms with Crippen molar-refractivity contribution in [3.05, 3.63) is 65.4 Å². The predicted octanol–water partition coefficient (Wildman–Crippen LogP) is 4.97. The van der Waals surface area contributed by atoms with Gasteiger partial charge in [0.15, 0.2) is 5.76 Å². The van der Waals surface area contributed by atoms with Crippen LogP contribution in [-0.2, 0) is 0 Å². The number of rotatable bonds is 3. The van der Waals surface area contributed by atoms with Crippen LogP contribution >= 0.6 is 11.3 Å². The Morgan fingerprint density at radius 1 is 1.11 bits per heavy atom. The zero-order valence-electron chi connectivity index (χ0n) is 15.3. The summed E-state index contributed by atoms with van der Waals surface area (Å²) in [7, 11) is 2.17. The lowest BCUT2D eigenvalue weighted by Crippen LogP contribution is -2.32. The Bertz CT molecular complexity index is 977. The normalized spacial score (nSPS) is 17.1. The van der Waals surface area contributed by atoms with E-state index >= 15 is 0 Å². The number of nitrogens with zero attached hydrogens (tertiary/aromatic N) is 3. The Balaban J connectivity index is 1.62. The maximum Gasteiger partial charge on any atom is 0.156 e. The molecule has 136 valence electrons. The van der Waals surface area contributed by atoms with E-state index in [0.717, 1.165) is 58.9 Å². The molecule has 1 aliphatic rings. The van der Waals surface area contributed by atoms with Crippen molar-refractivity contribution >= 4 is 38.2 Å². The number of aromatic nitrogens is 1. The molecule has 4 aromatic rings. The first-order chi connectivity index (χ1) is 13.3. The quantitative estimate of drug-likeness (QED) is 0.475. The second-order valence-corrected chi connectivity index (χ2v) is 8.18. The highest BCUT2D eigenvalue weighted by Crippen LogP contribution is 2.28. The van der Waals surface area contributed by atoms with Crippen molar-refractivity contribution in [2.75, 3.05) is 20.1 Å². The summed E-state index contributed by atoms with van der Waals surface area (Å²) in [6.45, 7) is 2.17. The monoisotopic (exact) mass is 375 g/mol. The molecule has 2 aromatic heterocycles. The number of fused-ring (bicyclic) bond motifs is 2. The molecular weight excluding hydrogens is 354 g/mol. The molecule has 0 saturated carbocycles. The second kappa shape index (κ2) is 6.91. The van der Waals surface area contributed by atoms with Crippen LogP contribution in [0.1, 0.15) is 23.6 Å². The van der Waals surface area contributed by atoms with Gasteiger partial charge in [0, 0.05) is 5.39 Å². The molecule has 1 aliphatic heterocycles. The van der Waals surface area contributed by atoms with Crippen molar-refractivity contribution in [2.45, 2.75) is 18.9 Å². The molecule has 5 rings (SSSR count). The number of aliphatic imine (C=N–C) groups is 1. The highest BCUT2D eigenvalue weighted by molar-refractivity contribution is 7.20. The van der Waals surface area contributed by atoms with Crippen molar-refractivity contribution in [1.82, 2.24) is 9.88 Å². The molecule has 3 heterocycles. The summed E-state index contributed by atoms with van der Waals surface area (Å²) >= 11 is 1.69. The molecule has 0 amide bonds. The van der Waals surface area contributed by atoms with E-state index in [4.69, 9.17) is 14.4 Å². The van der Waals surface area contributed by atoms with Crippen molar-refractivity contribution in [3.63, 3.8) is 0 Å². The molecule has 0 aliphatic carbocycles. The molecule has 27 heavy (non-hydrogen) atoms. The number of hydrogen-bond acceptors (Lipinski definition) is 5. The topological polar surface area (TPSA) is 41.6 Å². The fourth-order valence-electron chi connectivity index (χ4n) is 3.60. The number of thiazole rings is 1. The number of benzene rings is 2. The van der Waals surface area contributed by atoms with Gasteiger partial charge in [-0.1, -0.05) is 30.3 Å².